The van der Waals surface area contributed by atoms with Gasteiger partial charge in [0.05, 0.1) is 7.11 Å². The topological polar surface area (TPSA) is 22.1 Å². The molecule has 0 saturated carbocycles. The zero-order valence-electron chi connectivity index (χ0n) is 9.27. The van der Waals surface area contributed by atoms with E-state index in [1.54, 1.807) is 25.4 Å². The van der Waals surface area contributed by atoms with Crippen LogP contribution in [0.3, 0.4) is 0 Å². The summed E-state index contributed by atoms with van der Waals surface area (Å²) in [5, 5.41) is 0. The van der Waals surface area contributed by atoms with Crippen LogP contribution in [0.1, 0.15) is 5.56 Å². The highest BCUT2D eigenvalue weighted by Crippen LogP contribution is 2.24. The molecule has 3 heteroatoms. The molecule has 0 bridgehead atoms. The minimum Gasteiger partial charge on any atom is -0.481 e. The van der Waals surface area contributed by atoms with Crippen molar-refractivity contribution < 1.29 is 9.13 Å². The molecule has 0 aliphatic heterocycles. The van der Waals surface area contributed by atoms with Crippen molar-refractivity contribution in [1.29, 1.82) is 0 Å². The molecule has 2 rings (SSSR count). The van der Waals surface area contributed by atoms with Crippen LogP contribution in [0.2, 0.25) is 0 Å². The Morgan fingerprint density at radius 2 is 2.12 bits per heavy atom. The predicted octanol–water partition coefficient (Wildman–Crippen LogP) is 2.88. The molecule has 0 aliphatic rings. The Hall–Kier alpha value is -2.34. The lowest BCUT2D eigenvalue weighted by atomic mass is 10.0. The molecular formula is C14H10FNO. The molecule has 2 aromatic rings. The fourth-order valence-corrected chi connectivity index (χ4v) is 1.55. The molecule has 1 heterocycles. The van der Waals surface area contributed by atoms with E-state index >= 15 is 0 Å². The number of nitrogens with zero attached hydrogens (tertiary/aromatic N) is 1. The van der Waals surface area contributed by atoms with Crippen LogP contribution in [0.5, 0.6) is 5.88 Å². The molecule has 0 aliphatic carbocycles. The maximum atomic E-state index is 13.0. The van der Waals surface area contributed by atoms with Crippen molar-refractivity contribution in [3.63, 3.8) is 0 Å². The Morgan fingerprint density at radius 1 is 1.29 bits per heavy atom. The van der Waals surface area contributed by atoms with Crippen LogP contribution in [0.15, 0.2) is 36.5 Å². The number of benzene rings is 1. The van der Waals surface area contributed by atoms with Gasteiger partial charge in [-0.2, -0.15) is 0 Å². The van der Waals surface area contributed by atoms with E-state index in [1.807, 2.05) is 6.07 Å². The molecule has 0 saturated heterocycles. The van der Waals surface area contributed by atoms with Crippen molar-refractivity contribution in [1.82, 2.24) is 4.98 Å². The maximum Gasteiger partial charge on any atom is 0.212 e. The van der Waals surface area contributed by atoms with Crippen molar-refractivity contribution in [3.05, 3.63) is 47.9 Å². The molecule has 0 amide bonds. The maximum absolute atomic E-state index is 13.0. The number of terminal acetylenes is 1. The summed E-state index contributed by atoms with van der Waals surface area (Å²) in [6, 6.07) is 7.92. The van der Waals surface area contributed by atoms with Crippen LogP contribution >= 0.6 is 0 Å². The minimum absolute atomic E-state index is 0.344. The van der Waals surface area contributed by atoms with Gasteiger partial charge in [0.25, 0.3) is 0 Å². The third kappa shape index (κ3) is 2.26. The van der Waals surface area contributed by atoms with Crippen molar-refractivity contribution in [2.24, 2.45) is 0 Å². The molecule has 2 nitrogen and oxygen atoms in total. The molecule has 84 valence electrons. The van der Waals surface area contributed by atoms with Crippen molar-refractivity contribution >= 4 is 0 Å². The number of hydrogen-bond donors (Lipinski definition) is 0. The lowest BCUT2D eigenvalue weighted by molar-refractivity contribution is 0.398. The normalized spacial score (nSPS) is 9.71. The van der Waals surface area contributed by atoms with Crippen molar-refractivity contribution in [2.45, 2.75) is 0 Å². The Kier molecular flexibility index (Phi) is 3.06. The van der Waals surface area contributed by atoms with Gasteiger partial charge in [0.1, 0.15) is 5.82 Å². The molecule has 0 radical (unpaired) electrons. The fourth-order valence-electron chi connectivity index (χ4n) is 1.55. The summed E-state index contributed by atoms with van der Waals surface area (Å²) in [7, 11) is 1.55. The number of ether oxygens (including phenoxy) is 1. The van der Waals surface area contributed by atoms with E-state index < -0.39 is 0 Å². The first-order valence-electron chi connectivity index (χ1n) is 5.01. The van der Waals surface area contributed by atoms with E-state index in [0.29, 0.717) is 11.4 Å². The standard InChI is InChI=1S/C14H10FNO/c1-3-10-8-12(15)5-6-13(10)11-4-7-14(17-2)16-9-11/h1,4-9H,2H3. The van der Waals surface area contributed by atoms with Crippen LogP contribution in [0, 0.1) is 18.2 Å². The van der Waals surface area contributed by atoms with Gasteiger partial charge >= 0.3 is 0 Å². The molecule has 0 N–H and O–H groups in total. The SMILES string of the molecule is C#Cc1cc(F)ccc1-c1ccc(OC)nc1. The highest BCUT2D eigenvalue weighted by Gasteiger charge is 2.05. The zero-order valence-corrected chi connectivity index (χ0v) is 9.27. The number of rotatable bonds is 2. The molecular weight excluding hydrogens is 217 g/mol. The summed E-state index contributed by atoms with van der Waals surface area (Å²) >= 11 is 0. The second-order valence-electron chi connectivity index (χ2n) is 3.42. The lowest BCUT2D eigenvalue weighted by Gasteiger charge is -2.05. The zero-order chi connectivity index (χ0) is 12.3. The molecule has 17 heavy (non-hydrogen) atoms. The highest BCUT2D eigenvalue weighted by molar-refractivity contribution is 5.70. The average Bonchev–Trinajstić information content (AvgIpc) is 2.39. The minimum atomic E-state index is -0.344. The Morgan fingerprint density at radius 3 is 2.71 bits per heavy atom. The molecule has 1 aromatic carbocycles. The summed E-state index contributed by atoms with van der Waals surface area (Å²) in [6.45, 7) is 0. The second-order valence-corrected chi connectivity index (χ2v) is 3.42. The first-order chi connectivity index (χ1) is 8.24. The monoisotopic (exact) mass is 227 g/mol. The van der Waals surface area contributed by atoms with Crippen LogP contribution < -0.4 is 4.74 Å². The van der Waals surface area contributed by atoms with Crippen LogP contribution in [0.4, 0.5) is 4.39 Å². The van der Waals surface area contributed by atoms with Crippen LogP contribution in [-0.2, 0) is 0 Å². The number of halogens is 1. The van der Waals surface area contributed by atoms with Gasteiger partial charge in [-0.05, 0) is 23.8 Å². The van der Waals surface area contributed by atoms with Crippen molar-refractivity contribution in [3.8, 4) is 29.4 Å². The Balaban J connectivity index is 2.49. The predicted molar refractivity (Wildman–Crippen MR) is 64.1 cm³/mol. The Bertz CT molecular complexity index is 570. The summed E-state index contributed by atoms with van der Waals surface area (Å²) < 4.78 is 18.0. The molecule has 1 aromatic heterocycles. The summed E-state index contributed by atoms with van der Waals surface area (Å²) in [5.74, 6) is 2.65. The van der Waals surface area contributed by atoms with E-state index in [4.69, 9.17) is 11.2 Å². The average molecular weight is 227 g/mol. The molecule has 0 atom stereocenters. The molecule has 0 spiro atoms. The summed E-state index contributed by atoms with van der Waals surface area (Å²) in [6.07, 6.45) is 7.00. The van der Waals surface area contributed by atoms with Gasteiger partial charge in [0.15, 0.2) is 0 Å². The summed E-state index contributed by atoms with van der Waals surface area (Å²) in [5.41, 5.74) is 2.12. The quantitative estimate of drug-likeness (QED) is 0.736. The molecule has 0 unspecified atom stereocenters. The van der Waals surface area contributed by atoms with E-state index in [-0.39, 0.29) is 5.82 Å². The lowest BCUT2D eigenvalue weighted by Crippen LogP contribution is -1.90. The fraction of sp³-hybridized carbons (Fsp3) is 0.0714. The third-order valence-electron chi connectivity index (χ3n) is 2.39. The third-order valence-corrected chi connectivity index (χ3v) is 2.39. The van der Waals surface area contributed by atoms with Crippen LogP contribution in [-0.4, -0.2) is 12.1 Å². The van der Waals surface area contributed by atoms with Gasteiger partial charge in [0, 0.05) is 23.4 Å². The van der Waals surface area contributed by atoms with Gasteiger partial charge in [-0.3, -0.25) is 0 Å². The number of aromatic nitrogens is 1. The van der Waals surface area contributed by atoms with Crippen molar-refractivity contribution in [2.75, 3.05) is 7.11 Å². The summed E-state index contributed by atoms with van der Waals surface area (Å²) in [4.78, 5) is 4.09. The Labute approximate surface area is 99.1 Å². The van der Waals surface area contributed by atoms with Gasteiger partial charge in [-0.15, -0.1) is 6.42 Å². The van der Waals surface area contributed by atoms with Gasteiger partial charge < -0.3 is 4.74 Å². The largest absolute Gasteiger partial charge is 0.481 e. The van der Waals surface area contributed by atoms with Gasteiger partial charge in [-0.1, -0.05) is 12.0 Å². The van der Waals surface area contributed by atoms with Crippen LogP contribution in [0.25, 0.3) is 11.1 Å². The first kappa shape index (κ1) is 11.2. The smallest absolute Gasteiger partial charge is 0.212 e. The van der Waals surface area contributed by atoms with E-state index in [2.05, 4.69) is 10.9 Å². The number of hydrogen-bond acceptors (Lipinski definition) is 2. The van der Waals surface area contributed by atoms with Gasteiger partial charge in [-0.25, -0.2) is 9.37 Å². The number of pyridine rings is 1. The highest BCUT2D eigenvalue weighted by atomic mass is 19.1. The van der Waals surface area contributed by atoms with Gasteiger partial charge in [0.2, 0.25) is 5.88 Å². The first-order valence-corrected chi connectivity index (χ1v) is 5.01. The molecule has 0 fully saturated rings. The van der Waals surface area contributed by atoms with E-state index in [1.165, 1.54) is 12.1 Å². The second kappa shape index (κ2) is 4.67. The van der Waals surface area contributed by atoms with E-state index in [0.717, 1.165) is 11.1 Å². The van der Waals surface area contributed by atoms with E-state index in [9.17, 15) is 4.39 Å². The number of methoxy groups -OCH3 is 1.